The molecule has 1 fully saturated rings. The number of likely N-dealkylation sites (N-methyl/N-ethyl adjacent to an activating group) is 1. The van der Waals surface area contributed by atoms with E-state index in [4.69, 9.17) is 0 Å². The summed E-state index contributed by atoms with van der Waals surface area (Å²) in [4.78, 5) is 15.7. The maximum atomic E-state index is 12.6. The van der Waals surface area contributed by atoms with E-state index in [-0.39, 0.29) is 23.3 Å². The largest absolute Gasteiger partial charge is 0.435 e. The summed E-state index contributed by atoms with van der Waals surface area (Å²) in [5, 5.41) is 9.33. The summed E-state index contributed by atoms with van der Waals surface area (Å²) in [6.07, 6.45) is 3.28. The third-order valence-corrected chi connectivity index (χ3v) is 4.44. The van der Waals surface area contributed by atoms with Gasteiger partial charge in [-0.25, -0.2) is 0 Å². The minimum atomic E-state index is -2.89. The number of ether oxygens (including phenoxy) is 1. The molecule has 1 heterocycles. The average Bonchev–Trinajstić information content (AvgIpc) is 2.60. The fourth-order valence-corrected chi connectivity index (χ4v) is 2.89. The van der Waals surface area contributed by atoms with Crippen molar-refractivity contribution in [3.63, 3.8) is 0 Å². The molecule has 1 aromatic rings. The zero-order chi connectivity index (χ0) is 18.4. The van der Waals surface area contributed by atoms with Gasteiger partial charge >= 0.3 is 6.61 Å². The lowest BCUT2D eigenvalue weighted by molar-refractivity contribution is -0.885. The number of hydrogen-bond donors (Lipinski definition) is 1. The number of alkyl halides is 2. The van der Waals surface area contributed by atoms with E-state index >= 15 is 0 Å². The fourth-order valence-electron chi connectivity index (χ4n) is 2.89. The van der Waals surface area contributed by atoms with Crippen molar-refractivity contribution in [3.8, 4) is 11.8 Å². The summed E-state index contributed by atoms with van der Waals surface area (Å²) in [5.74, 6) is -0.289. The summed E-state index contributed by atoms with van der Waals surface area (Å²) in [7, 11) is 3.85. The van der Waals surface area contributed by atoms with Crippen molar-refractivity contribution < 1.29 is 23.2 Å². The van der Waals surface area contributed by atoms with Gasteiger partial charge in [-0.3, -0.25) is 4.79 Å². The summed E-state index contributed by atoms with van der Waals surface area (Å²) in [6, 6.07) is 7.88. The van der Waals surface area contributed by atoms with Gasteiger partial charge in [0.2, 0.25) is 0 Å². The lowest BCUT2D eigenvalue weighted by Gasteiger charge is -2.33. The van der Waals surface area contributed by atoms with Gasteiger partial charge in [0.25, 0.3) is 5.91 Å². The van der Waals surface area contributed by atoms with Crippen molar-refractivity contribution in [2.24, 2.45) is 0 Å². The Morgan fingerprint density at radius 1 is 1.36 bits per heavy atom. The molecule has 0 spiro atoms. The summed E-state index contributed by atoms with van der Waals surface area (Å²) < 4.78 is 28.6. The Kier molecular flexibility index (Phi) is 6.48. The highest BCUT2D eigenvalue weighted by Crippen LogP contribution is 2.18. The molecule has 1 amide bonds. The number of nitriles is 1. The maximum absolute atomic E-state index is 12.6. The minimum Gasteiger partial charge on any atom is -0.435 e. The van der Waals surface area contributed by atoms with Gasteiger partial charge in [0.05, 0.1) is 20.1 Å². The molecule has 1 aliphatic rings. The quantitative estimate of drug-likeness (QED) is 0.644. The van der Waals surface area contributed by atoms with Crippen LogP contribution >= 0.6 is 0 Å². The smallest absolute Gasteiger partial charge is 0.387 e. The standard InChI is InChI=1S/C18H21F2N3O2/c1-22-9-7-15(8-10-22)23(2)17(24)14(12-21)11-13-3-5-16(6-4-13)25-18(19)20/h3-6,11,15,18H,7-10H2,1-2H3/p+1/b14-11+. The van der Waals surface area contributed by atoms with Crippen LogP contribution in [0.15, 0.2) is 29.8 Å². The predicted molar refractivity (Wildman–Crippen MR) is 89.1 cm³/mol. The van der Waals surface area contributed by atoms with Crippen LogP contribution in [-0.2, 0) is 4.79 Å². The van der Waals surface area contributed by atoms with E-state index < -0.39 is 6.61 Å². The molecule has 0 saturated carbocycles. The topological polar surface area (TPSA) is 57.8 Å². The molecule has 0 bridgehead atoms. The minimum absolute atomic E-state index is 0.0244. The number of rotatable bonds is 5. The van der Waals surface area contributed by atoms with E-state index in [9.17, 15) is 18.8 Å². The Hall–Kier alpha value is -2.46. The van der Waals surface area contributed by atoms with Crippen molar-refractivity contribution >= 4 is 12.0 Å². The molecule has 1 aliphatic heterocycles. The van der Waals surface area contributed by atoms with Crippen molar-refractivity contribution in [1.29, 1.82) is 5.26 Å². The molecule has 0 aromatic heterocycles. The predicted octanol–water partition coefficient (Wildman–Crippen LogP) is 1.33. The Morgan fingerprint density at radius 2 is 1.96 bits per heavy atom. The number of benzene rings is 1. The SMILES string of the molecule is CN(C(=O)/C(C#N)=C/c1ccc(OC(F)F)cc1)C1CC[NH+](C)CC1. The van der Waals surface area contributed by atoms with E-state index in [0.29, 0.717) is 5.56 Å². The highest BCUT2D eigenvalue weighted by atomic mass is 19.3. The van der Waals surface area contributed by atoms with Gasteiger partial charge in [-0.15, -0.1) is 0 Å². The number of nitrogens with zero attached hydrogens (tertiary/aromatic N) is 2. The molecule has 1 saturated heterocycles. The molecule has 0 aliphatic carbocycles. The Bertz CT molecular complexity index is 660. The normalized spacial score (nSPS) is 20.9. The van der Waals surface area contributed by atoms with Crippen molar-refractivity contribution in [2.45, 2.75) is 25.5 Å². The van der Waals surface area contributed by atoms with Crippen LogP contribution in [0.4, 0.5) is 8.78 Å². The second-order valence-electron chi connectivity index (χ2n) is 6.22. The van der Waals surface area contributed by atoms with E-state index in [2.05, 4.69) is 11.8 Å². The number of likely N-dealkylation sites (tertiary alicyclic amines) is 1. The lowest BCUT2D eigenvalue weighted by Crippen LogP contribution is -3.10. The first-order chi connectivity index (χ1) is 11.9. The van der Waals surface area contributed by atoms with E-state index in [1.807, 2.05) is 6.07 Å². The number of nitrogens with one attached hydrogen (secondary N) is 1. The Morgan fingerprint density at radius 3 is 2.48 bits per heavy atom. The molecular formula is C18H22F2N3O2+. The van der Waals surface area contributed by atoms with Gasteiger partial charge in [-0.1, -0.05) is 12.1 Å². The molecule has 134 valence electrons. The molecule has 2 rings (SSSR count). The molecule has 25 heavy (non-hydrogen) atoms. The number of hydrogen-bond acceptors (Lipinski definition) is 3. The molecule has 1 N–H and O–H groups in total. The number of carbonyl (C=O) groups is 1. The van der Waals surface area contributed by atoms with Gasteiger partial charge < -0.3 is 14.5 Å². The number of halogens is 2. The molecule has 5 nitrogen and oxygen atoms in total. The van der Waals surface area contributed by atoms with Gasteiger partial charge in [0, 0.05) is 25.9 Å². The van der Waals surface area contributed by atoms with Crippen molar-refractivity contribution in [1.82, 2.24) is 4.90 Å². The zero-order valence-corrected chi connectivity index (χ0v) is 14.3. The highest BCUT2D eigenvalue weighted by Gasteiger charge is 2.27. The number of piperidine rings is 1. The highest BCUT2D eigenvalue weighted by molar-refractivity contribution is 6.01. The van der Waals surface area contributed by atoms with Crippen molar-refractivity contribution in [2.75, 3.05) is 27.2 Å². The number of amides is 1. The lowest BCUT2D eigenvalue weighted by atomic mass is 10.0. The Labute approximate surface area is 146 Å². The summed E-state index contributed by atoms with van der Waals surface area (Å²) in [6.45, 7) is -0.887. The second-order valence-corrected chi connectivity index (χ2v) is 6.22. The van der Waals surface area contributed by atoms with Crippen LogP contribution in [0.3, 0.4) is 0 Å². The Balaban J connectivity index is 2.08. The van der Waals surface area contributed by atoms with E-state index in [0.717, 1.165) is 25.9 Å². The van der Waals surface area contributed by atoms with E-state index in [1.54, 1.807) is 11.9 Å². The molecule has 0 atom stereocenters. The zero-order valence-electron chi connectivity index (χ0n) is 14.3. The molecule has 0 radical (unpaired) electrons. The van der Waals surface area contributed by atoms with Gasteiger partial charge in [0.15, 0.2) is 0 Å². The summed E-state index contributed by atoms with van der Waals surface area (Å²) >= 11 is 0. The van der Waals surface area contributed by atoms with Crippen LogP contribution < -0.4 is 9.64 Å². The first-order valence-electron chi connectivity index (χ1n) is 8.16. The number of carbonyl (C=O) groups excluding carboxylic acids is 1. The van der Waals surface area contributed by atoms with Crippen LogP contribution in [0.1, 0.15) is 18.4 Å². The molecule has 7 heteroatoms. The van der Waals surface area contributed by atoms with E-state index in [1.165, 1.54) is 35.2 Å². The first kappa shape index (κ1) is 18.9. The summed E-state index contributed by atoms with van der Waals surface area (Å²) in [5.41, 5.74) is 0.601. The van der Waals surface area contributed by atoms with Crippen LogP contribution in [0, 0.1) is 11.3 Å². The monoisotopic (exact) mass is 350 g/mol. The third kappa shape index (κ3) is 5.26. The second kappa shape index (κ2) is 8.58. The van der Waals surface area contributed by atoms with Crippen LogP contribution in [-0.4, -0.2) is 50.6 Å². The first-order valence-corrected chi connectivity index (χ1v) is 8.16. The third-order valence-electron chi connectivity index (χ3n) is 4.44. The van der Waals surface area contributed by atoms with Crippen molar-refractivity contribution in [3.05, 3.63) is 35.4 Å². The fraction of sp³-hybridized carbons (Fsp3) is 0.444. The molecule has 1 aromatic carbocycles. The number of quaternary nitrogens is 1. The molecular weight excluding hydrogens is 328 g/mol. The molecule has 0 unspecified atom stereocenters. The van der Waals surface area contributed by atoms with Gasteiger partial charge in [0.1, 0.15) is 17.4 Å². The van der Waals surface area contributed by atoms with Crippen LogP contribution in [0.5, 0.6) is 5.75 Å². The van der Waals surface area contributed by atoms with Crippen LogP contribution in [0.25, 0.3) is 6.08 Å². The van der Waals surface area contributed by atoms with Crippen LogP contribution in [0.2, 0.25) is 0 Å². The van der Waals surface area contributed by atoms with Gasteiger partial charge in [-0.2, -0.15) is 14.0 Å². The maximum Gasteiger partial charge on any atom is 0.387 e. The average molecular weight is 350 g/mol. The van der Waals surface area contributed by atoms with Gasteiger partial charge in [-0.05, 0) is 23.8 Å².